The highest BCUT2D eigenvalue weighted by Gasteiger charge is 2.33. The van der Waals surface area contributed by atoms with E-state index in [1.165, 1.54) is 22.7 Å². The van der Waals surface area contributed by atoms with Crippen molar-refractivity contribution >= 4 is 65.7 Å². The Morgan fingerprint density at radius 1 is 1.32 bits per heavy atom. The molecule has 0 radical (unpaired) electrons. The Balaban J connectivity index is 1.52. The third-order valence-electron chi connectivity index (χ3n) is 5.14. The van der Waals surface area contributed by atoms with Gasteiger partial charge in [-0.2, -0.15) is 5.26 Å². The van der Waals surface area contributed by atoms with Crippen molar-refractivity contribution in [3.63, 3.8) is 0 Å². The van der Waals surface area contributed by atoms with E-state index in [-0.39, 0.29) is 17.6 Å². The number of benzene rings is 1. The van der Waals surface area contributed by atoms with Crippen LogP contribution < -0.4 is 21.5 Å². The molecule has 31 heavy (non-hydrogen) atoms. The number of pyridine rings is 1. The van der Waals surface area contributed by atoms with E-state index in [1.807, 2.05) is 25.1 Å². The largest absolute Gasteiger partial charge is 0.494 e. The van der Waals surface area contributed by atoms with Gasteiger partial charge in [-0.15, -0.1) is 11.3 Å². The number of thiophene rings is 1. The molecule has 5 N–H and O–H groups in total. The summed E-state index contributed by atoms with van der Waals surface area (Å²) >= 11 is 2.54. The van der Waals surface area contributed by atoms with Crippen molar-refractivity contribution in [2.24, 2.45) is 0 Å². The fraction of sp³-hybridized carbons (Fsp3) is 0.238. The van der Waals surface area contributed by atoms with Crippen molar-refractivity contribution in [2.75, 3.05) is 23.4 Å². The fourth-order valence-corrected chi connectivity index (χ4v) is 5.54. The summed E-state index contributed by atoms with van der Waals surface area (Å²) < 4.78 is 6.44. The van der Waals surface area contributed by atoms with Gasteiger partial charge in [-0.05, 0) is 49.4 Å². The summed E-state index contributed by atoms with van der Waals surface area (Å²) in [4.78, 5) is 22.8. The smallest absolute Gasteiger partial charge is 0.269 e. The number of anilines is 3. The highest BCUT2D eigenvalue weighted by molar-refractivity contribution is 7.23. The fourth-order valence-electron chi connectivity index (χ4n) is 3.63. The van der Waals surface area contributed by atoms with Crippen molar-refractivity contribution in [3.05, 3.63) is 34.2 Å². The first kappa shape index (κ1) is 19.5. The van der Waals surface area contributed by atoms with Gasteiger partial charge in [0.15, 0.2) is 5.13 Å². The van der Waals surface area contributed by atoms with Crippen LogP contribution in [0.1, 0.15) is 46.5 Å². The summed E-state index contributed by atoms with van der Waals surface area (Å²) in [7, 11) is 0. The number of nitrogens with one attached hydrogen (secondary N) is 1. The van der Waals surface area contributed by atoms with Gasteiger partial charge in [0.2, 0.25) is 0 Å². The maximum absolute atomic E-state index is 13.0. The van der Waals surface area contributed by atoms with E-state index in [1.54, 1.807) is 0 Å². The molecule has 3 heterocycles. The zero-order chi connectivity index (χ0) is 21.7. The lowest BCUT2D eigenvalue weighted by Crippen LogP contribution is -2.11. The van der Waals surface area contributed by atoms with Crippen LogP contribution in [0, 0.1) is 11.3 Å². The Bertz CT molecular complexity index is 1400. The van der Waals surface area contributed by atoms with Crippen LogP contribution in [0.2, 0.25) is 0 Å². The third-order valence-corrected chi connectivity index (χ3v) is 7.17. The van der Waals surface area contributed by atoms with Crippen molar-refractivity contribution in [1.29, 1.82) is 5.26 Å². The zero-order valence-corrected chi connectivity index (χ0v) is 18.2. The highest BCUT2D eigenvalue weighted by Crippen LogP contribution is 2.49. The number of thiazole rings is 1. The number of nitriles is 1. The van der Waals surface area contributed by atoms with Gasteiger partial charge in [-0.3, -0.25) is 10.1 Å². The predicted molar refractivity (Wildman–Crippen MR) is 124 cm³/mol. The van der Waals surface area contributed by atoms with Crippen molar-refractivity contribution < 1.29 is 9.53 Å². The molecular formula is C21H18N6O2S2. The van der Waals surface area contributed by atoms with E-state index in [0.29, 0.717) is 38.1 Å². The number of fused-ring (bicyclic) bond motifs is 2. The van der Waals surface area contributed by atoms with Crippen LogP contribution in [-0.4, -0.2) is 22.5 Å². The number of ether oxygens (including phenoxy) is 1. The Kier molecular flexibility index (Phi) is 4.64. The van der Waals surface area contributed by atoms with E-state index < -0.39 is 0 Å². The van der Waals surface area contributed by atoms with E-state index in [9.17, 15) is 10.1 Å². The molecule has 0 spiro atoms. The minimum Gasteiger partial charge on any atom is -0.494 e. The zero-order valence-electron chi connectivity index (χ0n) is 16.6. The summed E-state index contributed by atoms with van der Waals surface area (Å²) in [5.74, 6) is 0.818. The second kappa shape index (κ2) is 7.37. The number of nitrogens with zero attached hydrogens (tertiary/aromatic N) is 3. The molecular weight excluding hydrogens is 432 g/mol. The second-order valence-electron chi connectivity index (χ2n) is 7.23. The maximum Gasteiger partial charge on any atom is 0.269 e. The van der Waals surface area contributed by atoms with Crippen LogP contribution >= 0.6 is 22.7 Å². The Labute approximate surface area is 185 Å². The van der Waals surface area contributed by atoms with Gasteiger partial charge in [0.1, 0.15) is 27.3 Å². The first-order valence-corrected chi connectivity index (χ1v) is 11.4. The molecule has 0 aliphatic heterocycles. The van der Waals surface area contributed by atoms with Gasteiger partial charge >= 0.3 is 0 Å². The number of hydrogen-bond acceptors (Lipinski definition) is 9. The standard InChI is InChI=1S/C21H18N6O2S2/c1-2-29-10-5-6-12-13(7-10)30-21(25-12)27-19(28)17-16(23)15-14(9-3-4-9)11(8-22)18(24)26-20(15)31-17/h5-7,9H,2-4,23H2,1H3,(H2,24,26)(H,25,27,28). The first-order chi connectivity index (χ1) is 15.0. The van der Waals surface area contributed by atoms with E-state index in [4.69, 9.17) is 16.2 Å². The van der Waals surface area contributed by atoms with Crippen LogP contribution in [0.4, 0.5) is 16.6 Å². The molecule has 0 saturated heterocycles. The molecule has 156 valence electrons. The molecule has 0 atom stereocenters. The Morgan fingerprint density at radius 2 is 2.13 bits per heavy atom. The minimum atomic E-state index is -0.358. The summed E-state index contributed by atoms with van der Waals surface area (Å²) in [6, 6.07) is 7.76. The SMILES string of the molecule is CCOc1ccc2nc(NC(=O)c3sc4nc(N)c(C#N)c(C5CC5)c4c3N)sc2c1. The molecule has 1 amide bonds. The maximum atomic E-state index is 13.0. The monoisotopic (exact) mass is 450 g/mol. The summed E-state index contributed by atoms with van der Waals surface area (Å²) in [6.45, 7) is 2.50. The molecule has 10 heteroatoms. The predicted octanol–water partition coefficient (Wildman–Crippen LogP) is 4.47. The van der Waals surface area contributed by atoms with Gasteiger partial charge < -0.3 is 16.2 Å². The van der Waals surface area contributed by atoms with E-state index in [2.05, 4.69) is 21.4 Å². The van der Waals surface area contributed by atoms with Crippen molar-refractivity contribution in [2.45, 2.75) is 25.7 Å². The minimum absolute atomic E-state index is 0.182. The van der Waals surface area contributed by atoms with Crippen LogP contribution in [0.15, 0.2) is 18.2 Å². The van der Waals surface area contributed by atoms with Crippen molar-refractivity contribution in [1.82, 2.24) is 9.97 Å². The van der Waals surface area contributed by atoms with Crippen LogP contribution in [0.5, 0.6) is 5.75 Å². The highest BCUT2D eigenvalue weighted by atomic mass is 32.1. The van der Waals surface area contributed by atoms with Gasteiger partial charge in [0.25, 0.3) is 5.91 Å². The number of carbonyl (C=O) groups excluding carboxylic acids is 1. The van der Waals surface area contributed by atoms with E-state index >= 15 is 0 Å². The molecule has 0 bridgehead atoms. The first-order valence-electron chi connectivity index (χ1n) is 9.76. The lowest BCUT2D eigenvalue weighted by Gasteiger charge is -2.07. The molecule has 1 aliphatic rings. The molecule has 5 rings (SSSR count). The van der Waals surface area contributed by atoms with E-state index in [0.717, 1.165) is 34.4 Å². The molecule has 3 aromatic heterocycles. The topological polar surface area (TPSA) is 140 Å². The van der Waals surface area contributed by atoms with Gasteiger partial charge in [-0.1, -0.05) is 11.3 Å². The number of nitrogens with two attached hydrogens (primary N) is 2. The van der Waals surface area contributed by atoms with Gasteiger partial charge in [0.05, 0.1) is 28.1 Å². The summed E-state index contributed by atoms with van der Waals surface area (Å²) in [5.41, 5.74) is 14.7. The molecule has 1 saturated carbocycles. The summed E-state index contributed by atoms with van der Waals surface area (Å²) in [6.07, 6.45) is 1.94. The number of carbonyl (C=O) groups is 1. The molecule has 1 aromatic carbocycles. The summed E-state index contributed by atoms with van der Waals surface area (Å²) in [5, 5.41) is 13.5. The average molecular weight is 451 g/mol. The number of nitrogen functional groups attached to an aromatic ring is 2. The quantitative estimate of drug-likeness (QED) is 0.407. The number of amides is 1. The number of rotatable bonds is 5. The second-order valence-corrected chi connectivity index (χ2v) is 9.26. The molecule has 1 aliphatic carbocycles. The van der Waals surface area contributed by atoms with Crippen molar-refractivity contribution in [3.8, 4) is 11.8 Å². The molecule has 4 aromatic rings. The number of aromatic nitrogens is 2. The Morgan fingerprint density at radius 3 is 2.84 bits per heavy atom. The molecule has 1 fully saturated rings. The van der Waals surface area contributed by atoms with Crippen LogP contribution in [0.3, 0.4) is 0 Å². The Hall–Kier alpha value is -3.42. The lowest BCUT2D eigenvalue weighted by atomic mass is 10.0. The lowest BCUT2D eigenvalue weighted by molar-refractivity contribution is 0.103. The molecule has 8 nitrogen and oxygen atoms in total. The number of hydrogen-bond donors (Lipinski definition) is 3. The van der Waals surface area contributed by atoms with Gasteiger partial charge in [-0.25, -0.2) is 9.97 Å². The third kappa shape index (κ3) is 3.32. The van der Waals surface area contributed by atoms with Crippen LogP contribution in [0.25, 0.3) is 20.4 Å². The van der Waals surface area contributed by atoms with Gasteiger partial charge in [0, 0.05) is 5.39 Å². The van der Waals surface area contributed by atoms with Crippen LogP contribution in [-0.2, 0) is 0 Å². The molecule has 0 unspecified atom stereocenters. The normalized spacial score (nSPS) is 13.4. The average Bonchev–Trinajstić information content (AvgIpc) is 3.43.